The van der Waals surface area contributed by atoms with Crippen LogP contribution in [0.5, 0.6) is 0 Å². The van der Waals surface area contributed by atoms with Crippen molar-refractivity contribution in [3.63, 3.8) is 0 Å². The standard InChI is InChI=1S/C26H34O8/c1-15(27)31-20-14-18-21(32-16(2)28)26(34-23(18,3)4)24(5,30)13-12-19(25(20,26)6)33-22(29)17-10-8-7-9-11-17/h7-11,18-21,30H,12-14H2,1-6H3/t18-,19+,20+,21-,24+,25+,26+/m1/s1. The molecule has 0 unspecified atom stereocenters. The normalized spacial score (nSPS) is 40.1. The fourth-order valence-corrected chi connectivity index (χ4v) is 6.74. The number of aliphatic hydroxyl groups is 1. The first-order valence-electron chi connectivity index (χ1n) is 11.8. The van der Waals surface area contributed by atoms with Gasteiger partial charge in [-0.25, -0.2) is 4.79 Å². The molecule has 0 amide bonds. The van der Waals surface area contributed by atoms with E-state index in [0.29, 0.717) is 18.4 Å². The number of carbonyl (C=O) groups is 3. The molecular formula is C26H34O8. The van der Waals surface area contributed by atoms with Crippen LogP contribution in [0.15, 0.2) is 30.3 Å². The monoisotopic (exact) mass is 474 g/mol. The third-order valence-electron chi connectivity index (χ3n) is 8.24. The van der Waals surface area contributed by atoms with Crippen molar-refractivity contribution >= 4 is 17.9 Å². The summed E-state index contributed by atoms with van der Waals surface area (Å²) >= 11 is 0. The van der Waals surface area contributed by atoms with E-state index in [1.54, 1.807) is 37.3 Å². The summed E-state index contributed by atoms with van der Waals surface area (Å²) in [4.78, 5) is 37.5. The lowest BCUT2D eigenvalue weighted by atomic mass is 9.47. The van der Waals surface area contributed by atoms with Crippen molar-refractivity contribution in [1.82, 2.24) is 0 Å². The Morgan fingerprint density at radius 2 is 1.56 bits per heavy atom. The van der Waals surface area contributed by atoms with E-state index in [2.05, 4.69) is 0 Å². The molecule has 7 atom stereocenters. The highest BCUT2D eigenvalue weighted by Gasteiger charge is 2.82. The summed E-state index contributed by atoms with van der Waals surface area (Å²) in [5.41, 5.74) is -4.54. The number of benzene rings is 1. The highest BCUT2D eigenvalue weighted by atomic mass is 16.6. The van der Waals surface area contributed by atoms with Gasteiger partial charge in [0, 0.05) is 19.8 Å². The predicted octanol–water partition coefficient (Wildman–Crippen LogP) is 3.19. The number of fused-ring (bicyclic) bond motifs is 1. The summed E-state index contributed by atoms with van der Waals surface area (Å²) in [7, 11) is 0. The summed E-state index contributed by atoms with van der Waals surface area (Å²) in [5.74, 6) is -1.84. The summed E-state index contributed by atoms with van der Waals surface area (Å²) in [6, 6.07) is 8.63. The van der Waals surface area contributed by atoms with Crippen LogP contribution in [0.1, 0.15) is 71.2 Å². The van der Waals surface area contributed by atoms with E-state index in [-0.39, 0.29) is 12.3 Å². The molecule has 3 aliphatic rings. The van der Waals surface area contributed by atoms with Crippen LogP contribution in [0.4, 0.5) is 0 Å². The molecule has 2 saturated carbocycles. The lowest BCUT2D eigenvalue weighted by Crippen LogP contribution is -2.79. The van der Waals surface area contributed by atoms with Crippen molar-refractivity contribution in [2.45, 2.75) is 95.9 Å². The van der Waals surface area contributed by atoms with Gasteiger partial charge in [-0.2, -0.15) is 0 Å². The minimum atomic E-state index is -1.47. The lowest BCUT2D eigenvalue weighted by molar-refractivity contribution is -0.327. The SMILES string of the molecule is CC(=O)O[C@H]1C[C@@H]2[C@@H](OC(C)=O)[C@@]3(OC2(C)C)[C@@]1(C)[C@@H](OC(=O)c1ccccc1)CC[C@]3(C)O. The van der Waals surface area contributed by atoms with E-state index < -0.39 is 58.4 Å². The summed E-state index contributed by atoms with van der Waals surface area (Å²) in [5, 5.41) is 11.9. The Balaban J connectivity index is 1.87. The maximum absolute atomic E-state index is 13.1. The maximum atomic E-state index is 13.1. The highest BCUT2D eigenvalue weighted by Crippen LogP contribution is 2.68. The van der Waals surface area contributed by atoms with Crippen LogP contribution in [0.25, 0.3) is 0 Å². The van der Waals surface area contributed by atoms with Gasteiger partial charge >= 0.3 is 17.9 Å². The predicted molar refractivity (Wildman–Crippen MR) is 121 cm³/mol. The maximum Gasteiger partial charge on any atom is 0.338 e. The van der Waals surface area contributed by atoms with Gasteiger partial charge in [-0.1, -0.05) is 18.2 Å². The van der Waals surface area contributed by atoms with Crippen LogP contribution in [-0.2, 0) is 28.5 Å². The number of carbonyl (C=O) groups excluding carboxylic acids is 3. The van der Waals surface area contributed by atoms with E-state index in [4.69, 9.17) is 18.9 Å². The molecule has 34 heavy (non-hydrogen) atoms. The molecule has 1 saturated heterocycles. The van der Waals surface area contributed by atoms with E-state index in [9.17, 15) is 19.5 Å². The fraction of sp³-hybridized carbons (Fsp3) is 0.654. The van der Waals surface area contributed by atoms with Crippen LogP contribution in [0.2, 0.25) is 0 Å². The van der Waals surface area contributed by atoms with Crippen molar-refractivity contribution < 1.29 is 38.4 Å². The minimum Gasteiger partial charge on any atom is -0.462 e. The Bertz CT molecular complexity index is 986. The molecule has 0 aromatic heterocycles. The Hall–Kier alpha value is -2.45. The molecule has 3 fully saturated rings. The third kappa shape index (κ3) is 3.45. The molecular weight excluding hydrogens is 440 g/mol. The van der Waals surface area contributed by atoms with Crippen LogP contribution in [0, 0.1) is 11.3 Å². The van der Waals surface area contributed by atoms with Gasteiger partial charge in [0.05, 0.1) is 22.2 Å². The number of rotatable bonds is 4. The van der Waals surface area contributed by atoms with Gasteiger partial charge in [0.15, 0.2) is 0 Å². The first kappa shape index (κ1) is 24.7. The van der Waals surface area contributed by atoms with Gasteiger partial charge in [0.1, 0.15) is 23.9 Å². The van der Waals surface area contributed by atoms with Crippen molar-refractivity contribution in [2.75, 3.05) is 0 Å². The average Bonchev–Trinajstić information content (AvgIpc) is 2.91. The van der Waals surface area contributed by atoms with Crippen LogP contribution >= 0.6 is 0 Å². The molecule has 0 radical (unpaired) electrons. The van der Waals surface area contributed by atoms with Gasteiger partial charge in [-0.05, 0) is 59.1 Å². The summed E-state index contributed by atoms with van der Waals surface area (Å²) in [6.07, 6.45) is -1.42. The Labute approximate surface area is 199 Å². The molecule has 1 spiro atoms. The fourth-order valence-electron chi connectivity index (χ4n) is 6.74. The number of ether oxygens (including phenoxy) is 4. The van der Waals surface area contributed by atoms with Crippen LogP contribution in [0.3, 0.4) is 0 Å². The molecule has 2 bridgehead atoms. The number of esters is 3. The highest BCUT2D eigenvalue weighted by molar-refractivity contribution is 5.89. The zero-order chi connectivity index (χ0) is 25.1. The zero-order valence-electron chi connectivity index (χ0n) is 20.6. The molecule has 4 rings (SSSR count). The average molecular weight is 475 g/mol. The Morgan fingerprint density at radius 1 is 0.941 bits per heavy atom. The number of hydrogen-bond acceptors (Lipinski definition) is 8. The molecule has 8 heteroatoms. The van der Waals surface area contributed by atoms with Gasteiger partial charge < -0.3 is 24.1 Å². The van der Waals surface area contributed by atoms with E-state index in [0.717, 1.165) is 0 Å². The van der Waals surface area contributed by atoms with Crippen molar-refractivity contribution in [1.29, 1.82) is 0 Å². The Kier molecular flexibility index (Phi) is 5.84. The van der Waals surface area contributed by atoms with Crippen LogP contribution in [-0.4, -0.2) is 58.1 Å². The van der Waals surface area contributed by atoms with Crippen LogP contribution < -0.4 is 0 Å². The van der Waals surface area contributed by atoms with E-state index in [1.807, 2.05) is 20.8 Å². The molecule has 2 aliphatic carbocycles. The van der Waals surface area contributed by atoms with E-state index in [1.165, 1.54) is 13.8 Å². The second kappa shape index (κ2) is 8.05. The smallest absolute Gasteiger partial charge is 0.338 e. The first-order valence-corrected chi connectivity index (χ1v) is 11.8. The molecule has 1 aliphatic heterocycles. The lowest BCUT2D eigenvalue weighted by Gasteiger charge is -2.64. The van der Waals surface area contributed by atoms with Crippen molar-refractivity contribution in [3.8, 4) is 0 Å². The summed E-state index contributed by atoms with van der Waals surface area (Å²) in [6.45, 7) is 9.89. The molecule has 1 N–H and O–H groups in total. The van der Waals surface area contributed by atoms with E-state index >= 15 is 0 Å². The molecule has 1 heterocycles. The first-order chi connectivity index (χ1) is 15.8. The quantitative estimate of drug-likeness (QED) is 0.524. The zero-order valence-corrected chi connectivity index (χ0v) is 20.6. The Morgan fingerprint density at radius 3 is 2.15 bits per heavy atom. The van der Waals surface area contributed by atoms with Gasteiger partial charge in [-0.15, -0.1) is 0 Å². The second-order valence-corrected chi connectivity index (χ2v) is 10.8. The molecule has 8 nitrogen and oxygen atoms in total. The molecule has 186 valence electrons. The number of hydrogen-bond donors (Lipinski definition) is 1. The molecule has 1 aromatic rings. The minimum absolute atomic E-state index is 0.239. The summed E-state index contributed by atoms with van der Waals surface area (Å²) < 4.78 is 24.5. The third-order valence-corrected chi connectivity index (χ3v) is 8.24. The second-order valence-electron chi connectivity index (χ2n) is 10.8. The van der Waals surface area contributed by atoms with Crippen molar-refractivity contribution in [3.05, 3.63) is 35.9 Å². The topological polar surface area (TPSA) is 108 Å². The molecule has 1 aromatic carbocycles. The van der Waals surface area contributed by atoms with Gasteiger partial charge in [-0.3, -0.25) is 9.59 Å². The van der Waals surface area contributed by atoms with Gasteiger partial charge in [0.25, 0.3) is 0 Å². The largest absolute Gasteiger partial charge is 0.462 e. The van der Waals surface area contributed by atoms with Crippen molar-refractivity contribution in [2.24, 2.45) is 11.3 Å². The van der Waals surface area contributed by atoms with Gasteiger partial charge in [0.2, 0.25) is 0 Å².